The standard InChI is InChI=1S/C25H18ClF4NO3/c26-16-6-9-23(34-13-14-4-7-17(27)8-5-14)20(12-16)18-2-1-3-19(18)21-10-15(25(28,29)30)11-22(31-21)24(32)33/h4-12H,1-3,13H2,(H,32,33). The Morgan fingerprint density at radius 3 is 2.41 bits per heavy atom. The van der Waals surface area contributed by atoms with Crippen molar-refractivity contribution in [2.45, 2.75) is 32.0 Å². The van der Waals surface area contributed by atoms with Gasteiger partial charge in [-0.25, -0.2) is 14.2 Å². The molecule has 0 saturated carbocycles. The summed E-state index contributed by atoms with van der Waals surface area (Å²) in [5.41, 5.74) is 0.744. The molecule has 3 aromatic rings. The van der Waals surface area contributed by atoms with Crippen LogP contribution in [0.5, 0.6) is 5.75 Å². The molecule has 0 saturated heterocycles. The van der Waals surface area contributed by atoms with Crippen LogP contribution in [0.4, 0.5) is 17.6 Å². The van der Waals surface area contributed by atoms with Gasteiger partial charge in [0.2, 0.25) is 0 Å². The monoisotopic (exact) mass is 491 g/mol. The molecule has 4 nitrogen and oxygen atoms in total. The predicted molar refractivity (Wildman–Crippen MR) is 119 cm³/mol. The van der Waals surface area contributed by atoms with E-state index in [1.54, 1.807) is 30.3 Å². The minimum Gasteiger partial charge on any atom is -0.488 e. The van der Waals surface area contributed by atoms with Crippen LogP contribution in [0.25, 0.3) is 11.1 Å². The number of aromatic nitrogens is 1. The van der Waals surface area contributed by atoms with E-state index in [1.807, 2.05) is 0 Å². The lowest BCUT2D eigenvalue weighted by Gasteiger charge is -2.16. The molecule has 34 heavy (non-hydrogen) atoms. The number of carboxylic acids is 1. The van der Waals surface area contributed by atoms with Crippen LogP contribution < -0.4 is 4.74 Å². The minimum absolute atomic E-state index is 0.0378. The molecule has 1 N–H and O–H groups in total. The van der Waals surface area contributed by atoms with Gasteiger partial charge in [0.05, 0.1) is 11.3 Å². The molecule has 0 amide bonds. The maximum atomic E-state index is 13.4. The summed E-state index contributed by atoms with van der Waals surface area (Å²) in [5.74, 6) is -1.46. The molecule has 0 atom stereocenters. The molecule has 1 aliphatic rings. The smallest absolute Gasteiger partial charge is 0.416 e. The zero-order chi connectivity index (χ0) is 24.5. The zero-order valence-corrected chi connectivity index (χ0v) is 18.4. The number of carbonyl (C=O) groups is 1. The van der Waals surface area contributed by atoms with Crippen molar-refractivity contribution in [3.05, 3.63) is 93.5 Å². The van der Waals surface area contributed by atoms with E-state index >= 15 is 0 Å². The van der Waals surface area contributed by atoms with Gasteiger partial charge in [-0.2, -0.15) is 13.2 Å². The van der Waals surface area contributed by atoms with Gasteiger partial charge in [0, 0.05) is 10.6 Å². The molecule has 1 aliphatic carbocycles. The lowest BCUT2D eigenvalue weighted by Crippen LogP contribution is -2.11. The van der Waals surface area contributed by atoms with Gasteiger partial charge in [-0.1, -0.05) is 23.7 Å². The van der Waals surface area contributed by atoms with E-state index in [-0.39, 0.29) is 18.1 Å². The van der Waals surface area contributed by atoms with Crippen LogP contribution in [0.15, 0.2) is 54.6 Å². The van der Waals surface area contributed by atoms with Crippen LogP contribution in [-0.2, 0) is 12.8 Å². The number of aromatic carboxylic acids is 1. The zero-order valence-electron chi connectivity index (χ0n) is 17.6. The molecule has 0 unspecified atom stereocenters. The number of nitrogens with zero attached hydrogens (tertiary/aromatic N) is 1. The number of benzene rings is 2. The number of hydrogen-bond donors (Lipinski definition) is 1. The van der Waals surface area contributed by atoms with E-state index in [2.05, 4.69) is 4.98 Å². The van der Waals surface area contributed by atoms with Crippen LogP contribution in [0.3, 0.4) is 0 Å². The van der Waals surface area contributed by atoms with Gasteiger partial charge < -0.3 is 9.84 Å². The third-order valence-corrected chi connectivity index (χ3v) is 5.71. The Balaban J connectivity index is 1.77. The number of pyridine rings is 1. The molecule has 9 heteroatoms. The molecule has 4 rings (SSSR count). The van der Waals surface area contributed by atoms with Crippen LogP contribution in [-0.4, -0.2) is 16.1 Å². The third-order valence-electron chi connectivity index (χ3n) is 5.47. The first-order valence-electron chi connectivity index (χ1n) is 10.3. The quantitative estimate of drug-likeness (QED) is 0.368. The number of hydrogen-bond acceptors (Lipinski definition) is 3. The van der Waals surface area contributed by atoms with E-state index in [9.17, 15) is 27.5 Å². The van der Waals surface area contributed by atoms with E-state index in [1.165, 1.54) is 12.1 Å². The molecule has 1 aromatic heterocycles. The topological polar surface area (TPSA) is 59.4 Å². The average molecular weight is 492 g/mol. The van der Waals surface area contributed by atoms with Crippen molar-refractivity contribution in [3.8, 4) is 5.75 Å². The van der Waals surface area contributed by atoms with E-state index < -0.39 is 23.4 Å². The minimum atomic E-state index is -4.72. The number of rotatable bonds is 6. The highest BCUT2D eigenvalue weighted by molar-refractivity contribution is 6.30. The summed E-state index contributed by atoms with van der Waals surface area (Å²) < 4.78 is 59.4. The molecule has 0 spiro atoms. The van der Waals surface area contributed by atoms with Gasteiger partial charge >= 0.3 is 12.1 Å². The van der Waals surface area contributed by atoms with Crippen molar-refractivity contribution in [1.29, 1.82) is 0 Å². The Labute approximate surface area is 197 Å². The molecule has 0 radical (unpaired) electrons. The number of carboxylic acid groups (broad SMARTS) is 1. The van der Waals surface area contributed by atoms with Crippen molar-refractivity contribution in [3.63, 3.8) is 0 Å². The van der Waals surface area contributed by atoms with E-state index in [4.69, 9.17) is 16.3 Å². The number of alkyl halides is 3. The average Bonchev–Trinajstić information content (AvgIpc) is 3.28. The molecule has 2 aromatic carbocycles. The highest BCUT2D eigenvalue weighted by Gasteiger charge is 2.33. The van der Waals surface area contributed by atoms with Gasteiger partial charge in [-0.3, -0.25) is 0 Å². The number of ether oxygens (including phenoxy) is 1. The Morgan fingerprint density at radius 1 is 1.03 bits per heavy atom. The molecule has 0 aliphatic heterocycles. The summed E-state index contributed by atoms with van der Waals surface area (Å²) in [6.45, 7) is 0.141. The Morgan fingerprint density at radius 2 is 1.74 bits per heavy atom. The first-order valence-corrected chi connectivity index (χ1v) is 10.7. The first-order chi connectivity index (χ1) is 16.1. The summed E-state index contributed by atoms with van der Waals surface area (Å²) in [4.78, 5) is 15.4. The van der Waals surface area contributed by atoms with Crippen molar-refractivity contribution in [2.24, 2.45) is 0 Å². The predicted octanol–water partition coefficient (Wildman–Crippen LogP) is 7.26. The van der Waals surface area contributed by atoms with Crippen molar-refractivity contribution in [2.75, 3.05) is 0 Å². The number of allylic oxidation sites excluding steroid dienone is 2. The van der Waals surface area contributed by atoms with E-state index in [0.29, 0.717) is 52.8 Å². The Bertz CT molecular complexity index is 1270. The molecular weight excluding hydrogens is 474 g/mol. The highest BCUT2D eigenvalue weighted by atomic mass is 35.5. The second kappa shape index (κ2) is 9.46. The Hall–Kier alpha value is -3.39. The molecule has 0 bridgehead atoms. The van der Waals surface area contributed by atoms with Crippen molar-refractivity contribution in [1.82, 2.24) is 4.98 Å². The van der Waals surface area contributed by atoms with Gasteiger partial charge in [0.15, 0.2) is 0 Å². The molecule has 1 heterocycles. The van der Waals surface area contributed by atoms with Gasteiger partial charge in [-0.05, 0) is 78.4 Å². The SMILES string of the molecule is O=C(O)c1cc(C(F)(F)F)cc(C2=C(c3cc(Cl)ccc3OCc3ccc(F)cc3)CCC2)n1. The summed E-state index contributed by atoms with van der Waals surface area (Å²) in [6.07, 6.45) is -3.12. The summed E-state index contributed by atoms with van der Waals surface area (Å²) in [7, 11) is 0. The van der Waals surface area contributed by atoms with Gasteiger partial charge in [0.1, 0.15) is 23.9 Å². The second-order valence-corrected chi connectivity index (χ2v) is 8.23. The van der Waals surface area contributed by atoms with Crippen molar-refractivity contribution >= 4 is 28.7 Å². The summed E-state index contributed by atoms with van der Waals surface area (Å²) >= 11 is 6.21. The molecule has 0 fully saturated rings. The Kier molecular flexibility index (Phi) is 6.61. The highest BCUT2D eigenvalue weighted by Crippen LogP contribution is 2.44. The molecular formula is C25H18ClF4NO3. The van der Waals surface area contributed by atoms with Gasteiger partial charge in [0.25, 0.3) is 0 Å². The fourth-order valence-electron chi connectivity index (χ4n) is 3.89. The second-order valence-electron chi connectivity index (χ2n) is 7.80. The normalized spacial score (nSPS) is 13.9. The lowest BCUT2D eigenvalue weighted by atomic mass is 9.98. The molecule has 176 valence electrons. The van der Waals surface area contributed by atoms with Crippen LogP contribution >= 0.6 is 11.6 Å². The van der Waals surface area contributed by atoms with Crippen LogP contribution in [0, 0.1) is 5.82 Å². The third kappa shape index (κ3) is 5.22. The first kappa shape index (κ1) is 23.8. The maximum Gasteiger partial charge on any atom is 0.416 e. The fourth-order valence-corrected chi connectivity index (χ4v) is 4.06. The van der Waals surface area contributed by atoms with Crippen molar-refractivity contribution < 1.29 is 32.2 Å². The van der Waals surface area contributed by atoms with E-state index in [0.717, 1.165) is 11.6 Å². The summed E-state index contributed by atoms with van der Waals surface area (Å²) in [5, 5.41) is 9.70. The number of halogens is 5. The van der Waals surface area contributed by atoms with Crippen LogP contribution in [0.1, 0.15) is 52.1 Å². The van der Waals surface area contributed by atoms with Crippen LogP contribution in [0.2, 0.25) is 5.02 Å². The maximum absolute atomic E-state index is 13.4. The summed E-state index contributed by atoms with van der Waals surface area (Å²) in [6, 6.07) is 12.2. The lowest BCUT2D eigenvalue weighted by molar-refractivity contribution is -0.137. The largest absolute Gasteiger partial charge is 0.488 e. The fraction of sp³-hybridized carbons (Fsp3) is 0.200. The van der Waals surface area contributed by atoms with Gasteiger partial charge in [-0.15, -0.1) is 0 Å².